The van der Waals surface area contributed by atoms with Crippen LogP contribution in [0.2, 0.25) is 0 Å². The molecule has 0 bridgehead atoms. The van der Waals surface area contributed by atoms with Gasteiger partial charge in [0, 0.05) is 23.0 Å². The maximum atomic E-state index is 10.3. The van der Waals surface area contributed by atoms with Crippen LogP contribution >= 0.6 is 0 Å². The molecule has 0 rings (SSSR count). The minimum absolute atomic E-state index is 0. The molecule has 0 atom stereocenters. The van der Waals surface area contributed by atoms with E-state index in [1.165, 1.54) is 180 Å². The maximum Gasteiger partial charge on any atom is 1.00 e. The standard InChI is InChI=1S/4C12H26O3S.Na/c4*1-2-3-4-5-6-7-8-9-10-11-12-16(13,14)15;/h4*2-12H2,1H3,(H,13,14,15);/q;;;;+1/p-4. The van der Waals surface area contributed by atoms with Crippen LogP contribution in [0.1, 0.15) is 285 Å². The fourth-order valence-electron chi connectivity index (χ4n) is 7.07. The van der Waals surface area contributed by atoms with E-state index in [0.717, 1.165) is 51.4 Å². The largest absolute Gasteiger partial charge is 1.00 e. The first-order chi connectivity index (χ1) is 30.2. The monoisotopic (exact) mass is 1020 g/mol. The molecule has 392 valence electrons. The van der Waals surface area contributed by atoms with Gasteiger partial charge in [0.15, 0.2) is 0 Å². The Balaban J connectivity index is -0.000000245. The van der Waals surface area contributed by atoms with Crippen molar-refractivity contribution >= 4 is 40.5 Å². The quantitative estimate of drug-likeness (QED) is 0.0315. The second kappa shape index (κ2) is 55.6. The molecule has 17 heteroatoms. The molecule has 0 radical (unpaired) electrons. The Labute approximate surface area is 426 Å². The van der Waals surface area contributed by atoms with Crippen LogP contribution in [-0.4, -0.2) is 74.9 Å². The van der Waals surface area contributed by atoms with Gasteiger partial charge in [0.25, 0.3) is 0 Å². The van der Waals surface area contributed by atoms with Crippen LogP contribution < -0.4 is 29.6 Å². The number of unbranched alkanes of at least 4 members (excludes halogenated alkanes) is 36. The molecule has 0 saturated carbocycles. The van der Waals surface area contributed by atoms with Crippen LogP contribution in [-0.2, 0) is 40.5 Å². The van der Waals surface area contributed by atoms with Crippen molar-refractivity contribution < 1.29 is 81.4 Å². The van der Waals surface area contributed by atoms with E-state index in [4.69, 9.17) is 0 Å². The van der Waals surface area contributed by atoms with Gasteiger partial charge in [-0.2, -0.15) is 0 Å². The summed E-state index contributed by atoms with van der Waals surface area (Å²) in [5.41, 5.74) is 0. The Morgan fingerprint density at radius 3 is 0.385 bits per heavy atom. The molecule has 0 aromatic carbocycles. The van der Waals surface area contributed by atoms with E-state index in [0.29, 0.717) is 25.7 Å². The molecular formula is C48H100NaO12S4-3. The van der Waals surface area contributed by atoms with Gasteiger partial charge >= 0.3 is 29.6 Å². The Bertz CT molecular complexity index is 1150. The fraction of sp³-hybridized carbons (Fsp3) is 1.00. The van der Waals surface area contributed by atoms with Gasteiger partial charge in [-0.3, -0.25) is 0 Å². The first-order valence-electron chi connectivity index (χ1n) is 26.0. The van der Waals surface area contributed by atoms with Crippen LogP contribution in [0.4, 0.5) is 0 Å². The van der Waals surface area contributed by atoms with Crippen LogP contribution in [0.25, 0.3) is 0 Å². The number of hydrogen-bond acceptors (Lipinski definition) is 12. The van der Waals surface area contributed by atoms with Crippen molar-refractivity contribution in [2.75, 3.05) is 23.0 Å². The topological polar surface area (TPSA) is 229 Å². The summed E-state index contributed by atoms with van der Waals surface area (Å²) in [5.74, 6) is -0.764. The van der Waals surface area contributed by atoms with Gasteiger partial charge in [-0.1, -0.05) is 259 Å². The minimum atomic E-state index is -3.98. The Morgan fingerprint density at radius 1 is 0.200 bits per heavy atom. The number of rotatable bonds is 44. The maximum absolute atomic E-state index is 10.3. The smallest absolute Gasteiger partial charge is 0.748 e. The van der Waals surface area contributed by atoms with Gasteiger partial charge < -0.3 is 18.2 Å². The van der Waals surface area contributed by atoms with Gasteiger partial charge in [-0.25, -0.2) is 33.7 Å². The SMILES string of the molecule is CCCCCCCCCCCCS(=O)(=O)[O-].CCCCCCCCCCCCS(=O)(=O)[O-].CCCCCCCCCCCCS(=O)(=O)[O-].CCCCCCCCCCCCS(=O)(=O)[O-].[Na+]. The summed E-state index contributed by atoms with van der Waals surface area (Å²) >= 11 is 0. The van der Waals surface area contributed by atoms with E-state index in [-0.39, 0.29) is 52.6 Å². The van der Waals surface area contributed by atoms with Crippen molar-refractivity contribution in [3.05, 3.63) is 0 Å². The van der Waals surface area contributed by atoms with Crippen molar-refractivity contribution in [1.29, 1.82) is 0 Å². The summed E-state index contributed by atoms with van der Waals surface area (Å²) in [6, 6.07) is 0. The third kappa shape index (κ3) is 91.5. The fourth-order valence-corrected chi connectivity index (χ4v) is 9.30. The van der Waals surface area contributed by atoms with Crippen LogP contribution in [0.15, 0.2) is 0 Å². The molecule has 0 fully saturated rings. The van der Waals surface area contributed by atoms with Gasteiger partial charge in [0.2, 0.25) is 0 Å². The zero-order chi connectivity index (χ0) is 49.1. The molecule has 0 aromatic heterocycles. The van der Waals surface area contributed by atoms with E-state index in [2.05, 4.69) is 27.7 Å². The van der Waals surface area contributed by atoms with Gasteiger partial charge in [0.05, 0.1) is 40.5 Å². The van der Waals surface area contributed by atoms with Gasteiger partial charge in [0.1, 0.15) is 0 Å². The molecule has 0 N–H and O–H groups in total. The summed E-state index contributed by atoms with van der Waals surface area (Å²) in [6.07, 6.45) is 45.8. The van der Waals surface area contributed by atoms with Gasteiger partial charge in [-0.05, 0) is 25.7 Å². The second-order valence-corrected chi connectivity index (χ2v) is 23.9. The summed E-state index contributed by atoms with van der Waals surface area (Å²) in [7, 11) is -15.9. The van der Waals surface area contributed by atoms with E-state index < -0.39 is 40.5 Å². The minimum Gasteiger partial charge on any atom is -0.748 e. The van der Waals surface area contributed by atoms with Crippen molar-refractivity contribution in [2.45, 2.75) is 285 Å². The zero-order valence-electron chi connectivity index (χ0n) is 42.6. The molecule has 0 unspecified atom stereocenters. The van der Waals surface area contributed by atoms with E-state index in [1.54, 1.807) is 0 Å². The van der Waals surface area contributed by atoms with Crippen LogP contribution in [0.5, 0.6) is 0 Å². The Kier molecular flexibility index (Phi) is 63.8. The van der Waals surface area contributed by atoms with E-state index >= 15 is 0 Å². The van der Waals surface area contributed by atoms with Crippen LogP contribution in [0, 0.1) is 0 Å². The average Bonchev–Trinajstić information content (AvgIpc) is 3.20. The third-order valence-electron chi connectivity index (χ3n) is 11.0. The molecule has 0 heterocycles. The van der Waals surface area contributed by atoms with Crippen molar-refractivity contribution in [1.82, 2.24) is 0 Å². The molecule has 0 spiro atoms. The average molecular weight is 1020 g/mol. The normalized spacial score (nSPS) is 11.7. The molecule has 12 nitrogen and oxygen atoms in total. The first-order valence-corrected chi connectivity index (χ1v) is 32.3. The molecule has 65 heavy (non-hydrogen) atoms. The predicted molar refractivity (Wildman–Crippen MR) is 266 cm³/mol. The van der Waals surface area contributed by atoms with Gasteiger partial charge in [-0.15, -0.1) is 0 Å². The van der Waals surface area contributed by atoms with Crippen LogP contribution in [0.3, 0.4) is 0 Å². The van der Waals surface area contributed by atoms with Crippen molar-refractivity contribution in [3.8, 4) is 0 Å². The molecule has 0 aliphatic carbocycles. The molecular weight excluding hydrogens is 920 g/mol. The summed E-state index contributed by atoms with van der Waals surface area (Å²) in [4.78, 5) is 0. The Hall–Kier alpha value is 0.640. The molecule has 0 aromatic rings. The zero-order valence-corrected chi connectivity index (χ0v) is 47.9. The van der Waals surface area contributed by atoms with Crippen molar-refractivity contribution in [2.24, 2.45) is 0 Å². The van der Waals surface area contributed by atoms with E-state index in [9.17, 15) is 51.9 Å². The van der Waals surface area contributed by atoms with E-state index in [1.807, 2.05) is 0 Å². The first kappa shape index (κ1) is 74.6. The second-order valence-electron chi connectivity index (χ2n) is 17.8. The summed E-state index contributed by atoms with van der Waals surface area (Å²) in [5, 5.41) is 0. The molecule has 0 aliphatic heterocycles. The molecule has 0 amide bonds. The Morgan fingerprint density at radius 2 is 0.292 bits per heavy atom. The molecule has 0 aliphatic rings. The summed E-state index contributed by atoms with van der Waals surface area (Å²) in [6.45, 7) is 8.85. The summed E-state index contributed by atoms with van der Waals surface area (Å²) < 4.78 is 124. The molecule has 0 saturated heterocycles. The number of hydrogen-bond donors (Lipinski definition) is 0. The van der Waals surface area contributed by atoms with Crippen molar-refractivity contribution in [3.63, 3.8) is 0 Å². The predicted octanol–water partition coefficient (Wildman–Crippen LogP) is 10.8. The third-order valence-corrected chi connectivity index (χ3v) is 14.1.